The molecule has 0 saturated carbocycles. The Bertz CT molecular complexity index is 344. The van der Waals surface area contributed by atoms with Gasteiger partial charge in [0.05, 0.1) is 0 Å². The fourth-order valence-electron chi connectivity index (χ4n) is 2.24. The van der Waals surface area contributed by atoms with Crippen molar-refractivity contribution in [3.8, 4) is 0 Å². The zero-order chi connectivity index (χ0) is 8.84. The fraction of sp³-hybridized carbons (Fsp3) is 0.455. The van der Waals surface area contributed by atoms with E-state index in [9.17, 15) is 4.39 Å². The number of fused-ring (bicyclic) bond motifs is 1. The zero-order valence-electron chi connectivity index (χ0n) is 7.46. The maximum Gasteiger partial charge on any atom is 0.123 e. The molecule has 1 nitrogen and oxygen atoms in total. The van der Waals surface area contributed by atoms with Crippen molar-refractivity contribution in [1.29, 1.82) is 0 Å². The molecule has 1 fully saturated rings. The Hall–Kier alpha value is -0.890. The summed E-state index contributed by atoms with van der Waals surface area (Å²) in [7, 11) is 0. The number of halogens is 1. The van der Waals surface area contributed by atoms with Gasteiger partial charge in [0.1, 0.15) is 5.82 Å². The van der Waals surface area contributed by atoms with E-state index in [4.69, 9.17) is 0 Å². The Morgan fingerprint density at radius 1 is 1.15 bits per heavy atom. The molecule has 1 saturated heterocycles. The van der Waals surface area contributed by atoms with Gasteiger partial charge in [-0.15, -0.1) is 0 Å². The second-order valence-corrected chi connectivity index (χ2v) is 4.01. The molecule has 0 N–H and O–H groups in total. The summed E-state index contributed by atoms with van der Waals surface area (Å²) in [6.07, 6.45) is 2.17. The van der Waals surface area contributed by atoms with Gasteiger partial charge >= 0.3 is 0 Å². The minimum atomic E-state index is -0.0924. The Kier molecular flexibility index (Phi) is 1.47. The van der Waals surface area contributed by atoms with E-state index in [1.54, 1.807) is 12.1 Å². The summed E-state index contributed by atoms with van der Waals surface area (Å²) in [6.45, 7) is 2.47. The third-order valence-corrected chi connectivity index (χ3v) is 3.08. The quantitative estimate of drug-likeness (QED) is 0.589. The second kappa shape index (κ2) is 2.55. The lowest BCUT2D eigenvalue weighted by atomic mass is 10.1. The molecular formula is C11H12FN. The van der Waals surface area contributed by atoms with Crippen LogP contribution in [-0.4, -0.2) is 24.0 Å². The topological polar surface area (TPSA) is 3.01 Å². The highest BCUT2D eigenvalue weighted by molar-refractivity contribution is 5.34. The highest BCUT2D eigenvalue weighted by Crippen LogP contribution is 2.28. The average Bonchev–Trinajstić information content (AvgIpc) is 2.87. The highest BCUT2D eigenvalue weighted by Gasteiger charge is 2.32. The standard InChI is InChI=1S/C11H12FN/c12-10-2-1-8-6-11(13-3-4-13)7-9(8)5-10/h1-2,5,11H,3-4,6-7H2. The normalized spacial score (nSPS) is 26.1. The maximum absolute atomic E-state index is 12.9. The third kappa shape index (κ3) is 1.25. The van der Waals surface area contributed by atoms with Crippen molar-refractivity contribution >= 4 is 0 Å². The number of hydrogen-bond acceptors (Lipinski definition) is 1. The Labute approximate surface area is 77.2 Å². The van der Waals surface area contributed by atoms with E-state index >= 15 is 0 Å². The van der Waals surface area contributed by atoms with Gasteiger partial charge in [-0.2, -0.15) is 0 Å². The summed E-state index contributed by atoms with van der Waals surface area (Å²) in [5.41, 5.74) is 2.57. The number of nitrogens with zero attached hydrogens (tertiary/aromatic N) is 1. The molecule has 0 radical (unpaired) electrons. The lowest BCUT2D eigenvalue weighted by Gasteiger charge is -2.07. The molecule has 1 aromatic carbocycles. The largest absolute Gasteiger partial charge is 0.297 e. The first kappa shape index (κ1) is 7.51. The van der Waals surface area contributed by atoms with Crippen LogP contribution in [-0.2, 0) is 12.8 Å². The first-order valence-corrected chi connectivity index (χ1v) is 4.84. The molecule has 0 spiro atoms. The van der Waals surface area contributed by atoms with E-state index in [0.717, 1.165) is 12.8 Å². The van der Waals surface area contributed by atoms with E-state index in [0.29, 0.717) is 6.04 Å². The van der Waals surface area contributed by atoms with Crippen LogP contribution in [0.1, 0.15) is 11.1 Å². The third-order valence-electron chi connectivity index (χ3n) is 3.08. The van der Waals surface area contributed by atoms with Crippen LogP contribution in [0.3, 0.4) is 0 Å². The lowest BCUT2D eigenvalue weighted by molar-refractivity contribution is 0.414. The summed E-state index contributed by atoms with van der Waals surface area (Å²) >= 11 is 0. The van der Waals surface area contributed by atoms with Crippen LogP contribution in [0.2, 0.25) is 0 Å². The SMILES string of the molecule is Fc1ccc2c(c1)CC(N1CC1)C2. The smallest absolute Gasteiger partial charge is 0.123 e. The molecule has 1 aromatic rings. The molecule has 68 valence electrons. The monoisotopic (exact) mass is 177 g/mol. The van der Waals surface area contributed by atoms with Gasteiger partial charge in [-0.1, -0.05) is 6.07 Å². The van der Waals surface area contributed by atoms with Gasteiger partial charge in [0, 0.05) is 19.1 Å². The van der Waals surface area contributed by atoms with Crippen LogP contribution < -0.4 is 0 Å². The summed E-state index contributed by atoms with van der Waals surface area (Å²) < 4.78 is 12.9. The van der Waals surface area contributed by atoms with Gasteiger partial charge in [-0.25, -0.2) is 4.39 Å². The average molecular weight is 177 g/mol. The van der Waals surface area contributed by atoms with Crippen molar-refractivity contribution in [2.24, 2.45) is 0 Å². The van der Waals surface area contributed by atoms with Crippen molar-refractivity contribution in [3.63, 3.8) is 0 Å². The Morgan fingerprint density at radius 3 is 2.69 bits per heavy atom. The molecule has 1 heterocycles. The summed E-state index contributed by atoms with van der Waals surface area (Å²) in [4.78, 5) is 2.46. The van der Waals surface area contributed by atoms with Crippen LogP contribution in [0.25, 0.3) is 0 Å². The van der Waals surface area contributed by atoms with Crippen molar-refractivity contribution < 1.29 is 4.39 Å². The summed E-state index contributed by atoms with van der Waals surface area (Å²) in [5, 5.41) is 0. The predicted molar refractivity (Wildman–Crippen MR) is 49.2 cm³/mol. The zero-order valence-corrected chi connectivity index (χ0v) is 7.46. The highest BCUT2D eigenvalue weighted by atomic mass is 19.1. The lowest BCUT2D eigenvalue weighted by Crippen LogP contribution is -2.18. The number of rotatable bonds is 1. The molecule has 1 aliphatic heterocycles. The van der Waals surface area contributed by atoms with Gasteiger partial charge < -0.3 is 0 Å². The molecular weight excluding hydrogens is 165 g/mol. The Balaban J connectivity index is 1.90. The van der Waals surface area contributed by atoms with E-state index in [2.05, 4.69) is 4.90 Å². The molecule has 1 aliphatic carbocycles. The van der Waals surface area contributed by atoms with Crippen molar-refractivity contribution in [2.45, 2.75) is 18.9 Å². The summed E-state index contributed by atoms with van der Waals surface area (Å²) in [6, 6.07) is 5.87. The molecule has 1 atom stereocenters. The molecule has 2 aliphatic rings. The molecule has 3 rings (SSSR count). The molecule has 13 heavy (non-hydrogen) atoms. The maximum atomic E-state index is 12.9. The summed E-state index contributed by atoms with van der Waals surface area (Å²) in [5.74, 6) is -0.0924. The number of benzene rings is 1. The minimum Gasteiger partial charge on any atom is -0.297 e. The first-order valence-electron chi connectivity index (χ1n) is 4.84. The molecule has 0 amide bonds. The van der Waals surface area contributed by atoms with Crippen LogP contribution in [0.4, 0.5) is 4.39 Å². The van der Waals surface area contributed by atoms with E-state index in [1.807, 2.05) is 6.07 Å². The van der Waals surface area contributed by atoms with Crippen molar-refractivity contribution in [2.75, 3.05) is 13.1 Å². The van der Waals surface area contributed by atoms with Crippen molar-refractivity contribution in [3.05, 3.63) is 35.1 Å². The number of hydrogen-bond donors (Lipinski definition) is 0. The second-order valence-electron chi connectivity index (χ2n) is 4.01. The van der Waals surface area contributed by atoms with Crippen molar-refractivity contribution in [1.82, 2.24) is 4.90 Å². The minimum absolute atomic E-state index is 0.0924. The van der Waals surface area contributed by atoms with Crippen LogP contribution in [0, 0.1) is 5.82 Å². The van der Waals surface area contributed by atoms with Gasteiger partial charge in [0.15, 0.2) is 0 Å². The first-order chi connectivity index (χ1) is 6.33. The molecule has 1 unspecified atom stereocenters. The molecule has 0 bridgehead atoms. The van der Waals surface area contributed by atoms with Crippen LogP contribution in [0.15, 0.2) is 18.2 Å². The predicted octanol–water partition coefficient (Wildman–Crippen LogP) is 1.61. The van der Waals surface area contributed by atoms with Crippen LogP contribution in [0.5, 0.6) is 0 Å². The van der Waals surface area contributed by atoms with E-state index in [1.165, 1.54) is 24.2 Å². The Morgan fingerprint density at radius 2 is 1.92 bits per heavy atom. The van der Waals surface area contributed by atoms with Gasteiger partial charge in [0.25, 0.3) is 0 Å². The molecule has 2 heteroatoms. The van der Waals surface area contributed by atoms with Gasteiger partial charge in [-0.05, 0) is 36.1 Å². The van der Waals surface area contributed by atoms with Crippen LogP contribution >= 0.6 is 0 Å². The van der Waals surface area contributed by atoms with Gasteiger partial charge in [0.2, 0.25) is 0 Å². The van der Waals surface area contributed by atoms with Gasteiger partial charge in [-0.3, -0.25) is 4.90 Å². The molecule has 0 aromatic heterocycles. The fourth-order valence-corrected chi connectivity index (χ4v) is 2.24. The van der Waals surface area contributed by atoms with E-state index in [-0.39, 0.29) is 5.82 Å². The van der Waals surface area contributed by atoms with E-state index < -0.39 is 0 Å².